The average molecular weight is 330 g/mol. The van der Waals surface area contributed by atoms with Gasteiger partial charge in [-0.05, 0) is 61.7 Å². The number of esters is 1. The molecular weight excluding hydrogens is 300 g/mol. The molecule has 3 saturated carbocycles. The molecule has 0 N–H and O–H groups in total. The number of ketones is 1. The SMILES string of the molecule is CC(=O)O[C@@H]1CC[C@@]2(C)C(=CC[C@@H]3[C@@H]2CC[C@]2(C)C(=O)CC[C@@H]32)C1. The Balaban J connectivity index is 1.60. The first-order valence-corrected chi connectivity index (χ1v) is 9.74. The molecule has 3 heteroatoms. The fourth-order valence-electron chi connectivity index (χ4n) is 6.73. The van der Waals surface area contributed by atoms with Crippen molar-refractivity contribution in [3.8, 4) is 0 Å². The van der Waals surface area contributed by atoms with Crippen LogP contribution < -0.4 is 0 Å². The lowest BCUT2D eigenvalue weighted by Crippen LogP contribution is -2.50. The van der Waals surface area contributed by atoms with Crippen molar-refractivity contribution in [1.29, 1.82) is 0 Å². The first-order chi connectivity index (χ1) is 11.3. The molecule has 0 heterocycles. The Morgan fingerprint density at radius 2 is 1.83 bits per heavy atom. The van der Waals surface area contributed by atoms with E-state index in [1.54, 1.807) is 0 Å². The number of fused-ring (bicyclic) bond motifs is 5. The lowest BCUT2D eigenvalue weighted by Gasteiger charge is -2.56. The highest BCUT2D eigenvalue weighted by atomic mass is 16.5. The average Bonchev–Trinajstić information content (AvgIpc) is 2.83. The van der Waals surface area contributed by atoms with Crippen LogP contribution in [-0.4, -0.2) is 17.9 Å². The van der Waals surface area contributed by atoms with E-state index in [9.17, 15) is 9.59 Å². The van der Waals surface area contributed by atoms with Gasteiger partial charge in [-0.1, -0.05) is 25.5 Å². The van der Waals surface area contributed by atoms with Crippen molar-refractivity contribution in [3.63, 3.8) is 0 Å². The molecular formula is C21H30O3. The van der Waals surface area contributed by atoms with E-state index >= 15 is 0 Å². The van der Waals surface area contributed by atoms with Gasteiger partial charge in [0.25, 0.3) is 0 Å². The van der Waals surface area contributed by atoms with E-state index in [4.69, 9.17) is 4.74 Å². The first-order valence-electron chi connectivity index (χ1n) is 9.74. The Morgan fingerprint density at radius 1 is 1.12 bits per heavy atom. The minimum Gasteiger partial charge on any atom is -0.462 e. The van der Waals surface area contributed by atoms with Gasteiger partial charge in [-0.2, -0.15) is 0 Å². The van der Waals surface area contributed by atoms with E-state index in [1.807, 2.05) is 0 Å². The standard InChI is InChI=1S/C21H30O3/c1-13(22)24-15-8-10-20(2)14(12-15)4-5-16-17-6-7-19(23)21(17,3)11-9-18(16)20/h4,15-18H,5-12H2,1-3H3/t15-,16+,17+,18+,20+,21+/m1/s1. The van der Waals surface area contributed by atoms with E-state index in [0.29, 0.717) is 23.5 Å². The van der Waals surface area contributed by atoms with Crippen LogP contribution in [0.2, 0.25) is 0 Å². The van der Waals surface area contributed by atoms with E-state index in [-0.39, 0.29) is 22.9 Å². The number of carbonyl (C=O) groups excluding carboxylic acids is 2. The summed E-state index contributed by atoms with van der Waals surface area (Å²) in [7, 11) is 0. The quantitative estimate of drug-likeness (QED) is 0.527. The third-order valence-electron chi connectivity index (χ3n) is 8.10. The summed E-state index contributed by atoms with van der Waals surface area (Å²) in [5.41, 5.74) is 1.74. The maximum Gasteiger partial charge on any atom is 0.302 e. The minimum absolute atomic E-state index is 0.0438. The number of Topliss-reactive ketones (excluding diaryl/α,β-unsaturated/α-hetero) is 1. The van der Waals surface area contributed by atoms with Crippen molar-refractivity contribution >= 4 is 11.8 Å². The maximum atomic E-state index is 12.4. The number of ether oxygens (including phenoxy) is 1. The second kappa shape index (κ2) is 5.44. The Kier molecular flexibility index (Phi) is 3.71. The summed E-state index contributed by atoms with van der Waals surface area (Å²) in [5, 5.41) is 0. The van der Waals surface area contributed by atoms with E-state index in [1.165, 1.54) is 18.9 Å². The zero-order chi connectivity index (χ0) is 17.1. The Bertz CT molecular complexity index is 606. The summed E-state index contributed by atoms with van der Waals surface area (Å²) in [6.45, 7) is 6.19. The van der Waals surface area contributed by atoms with Gasteiger partial charge in [0.2, 0.25) is 0 Å². The Labute approximate surface area is 145 Å². The molecule has 0 unspecified atom stereocenters. The summed E-state index contributed by atoms with van der Waals surface area (Å²) < 4.78 is 5.50. The molecule has 6 atom stereocenters. The fourth-order valence-corrected chi connectivity index (χ4v) is 6.73. The van der Waals surface area contributed by atoms with E-state index < -0.39 is 0 Å². The van der Waals surface area contributed by atoms with Gasteiger partial charge in [0.1, 0.15) is 11.9 Å². The smallest absolute Gasteiger partial charge is 0.302 e. The maximum absolute atomic E-state index is 12.4. The van der Waals surface area contributed by atoms with Crippen LogP contribution >= 0.6 is 0 Å². The molecule has 3 fully saturated rings. The monoisotopic (exact) mass is 330 g/mol. The van der Waals surface area contributed by atoms with Crippen LogP contribution in [0.1, 0.15) is 72.1 Å². The van der Waals surface area contributed by atoms with Gasteiger partial charge < -0.3 is 4.74 Å². The molecule has 0 radical (unpaired) electrons. The first kappa shape index (κ1) is 16.4. The highest BCUT2D eigenvalue weighted by Gasteiger charge is 2.58. The molecule has 4 aliphatic rings. The number of hydrogen-bond donors (Lipinski definition) is 0. The summed E-state index contributed by atoms with van der Waals surface area (Å²) in [4.78, 5) is 23.7. The third-order valence-corrected chi connectivity index (χ3v) is 8.10. The van der Waals surface area contributed by atoms with Gasteiger partial charge in [0.15, 0.2) is 0 Å². The van der Waals surface area contributed by atoms with E-state index in [2.05, 4.69) is 19.9 Å². The van der Waals surface area contributed by atoms with Crippen LogP contribution in [0, 0.1) is 28.6 Å². The molecule has 3 nitrogen and oxygen atoms in total. The molecule has 0 amide bonds. The molecule has 4 rings (SSSR count). The molecule has 0 saturated heterocycles. The third kappa shape index (κ3) is 2.23. The van der Waals surface area contributed by atoms with Crippen molar-refractivity contribution in [2.45, 2.75) is 78.2 Å². The van der Waals surface area contributed by atoms with Crippen molar-refractivity contribution in [2.24, 2.45) is 28.6 Å². The molecule has 0 aromatic heterocycles. The van der Waals surface area contributed by atoms with Crippen LogP contribution in [0.15, 0.2) is 11.6 Å². The number of rotatable bonds is 1. The molecule has 0 bridgehead atoms. The fraction of sp³-hybridized carbons (Fsp3) is 0.810. The summed E-state index contributed by atoms with van der Waals surface area (Å²) in [6.07, 6.45) is 10.8. The Morgan fingerprint density at radius 3 is 2.58 bits per heavy atom. The van der Waals surface area contributed by atoms with Gasteiger partial charge in [0.05, 0.1) is 0 Å². The van der Waals surface area contributed by atoms with Crippen LogP contribution in [0.5, 0.6) is 0 Å². The number of allylic oxidation sites excluding steroid dienone is 1. The summed E-state index contributed by atoms with van der Waals surface area (Å²) >= 11 is 0. The van der Waals surface area contributed by atoms with Crippen molar-refractivity contribution in [1.82, 2.24) is 0 Å². The second-order valence-corrected chi connectivity index (χ2v) is 9.15. The van der Waals surface area contributed by atoms with Gasteiger partial charge in [-0.3, -0.25) is 9.59 Å². The van der Waals surface area contributed by atoms with Crippen LogP contribution in [0.25, 0.3) is 0 Å². The zero-order valence-corrected chi connectivity index (χ0v) is 15.3. The van der Waals surface area contributed by atoms with Crippen LogP contribution in [0.3, 0.4) is 0 Å². The number of hydrogen-bond acceptors (Lipinski definition) is 3. The predicted molar refractivity (Wildman–Crippen MR) is 92.3 cm³/mol. The largest absolute Gasteiger partial charge is 0.462 e. The normalized spacial score (nSPS) is 47.3. The Hall–Kier alpha value is -1.12. The van der Waals surface area contributed by atoms with Crippen LogP contribution in [0.4, 0.5) is 0 Å². The van der Waals surface area contributed by atoms with Crippen molar-refractivity contribution < 1.29 is 14.3 Å². The molecule has 4 aliphatic carbocycles. The molecule has 132 valence electrons. The van der Waals surface area contributed by atoms with Gasteiger partial charge in [0, 0.05) is 25.2 Å². The van der Waals surface area contributed by atoms with Crippen molar-refractivity contribution in [3.05, 3.63) is 11.6 Å². The second-order valence-electron chi connectivity index (χ2n) is 9.15. The summed E-state index contributed by atoms with van der Waals surface area (Å²) in [5.74, 6) is 2.33. The highest BCUT2D eigenvalue weighted by Crippen LogP contribution is 2.64. The summed E-state index contributed by atoms with van der Waals surface area (Å²) in [6, 6.07) is 0. The topological polar surface area (TPSA) is 43.4 Å². The zero-order valence-electron chi connectivity index (χ0n) is 15.3. The highest BCUT2D eigenvalue weighted by molar-refractivity contribution is 5.87. The molecule has 0 aromatic rings. The van der Waals surface area contributed by atoms with Gasteiger partial charge in [-0.25, -0.2) is 0 Å². The van der Waals surface area contributed by atoms with Gasteiger partial charge in [-0.15, -0.1) is 0 Å². The molecule has 0 aromatic carbocycles. The lowest BCUT2D eigenvalue weighted by molar-refractivity contribution is -0.148. The molecule has 24 heavy (non-hydrogen) atoms. The molecule has 0 spiro atoms. The predicted octanol–water partition coefficient (Wildman–Crippen LogP) is 4.45. The van der Waals surface area contributed by atoms with E-state index in [0.717, 1.165) is 44.9 Å². The lowest BCUT2D eigenvalue weighted by atomic mass is 9.48. The minimum atomic E-state index is -0.157. The van der Waals surface area contributed by atoms with Gasteiger partial charge >= 0.3 is 5.97 Å². The molecule has 0 aliphatic heterocycles. The number of carbonyl (C=O) groups is 2. The van der Waals surface area contributed by atoms with Crippen molar-refractivity contribution in [2.75, 3.05) is 0 Å². The van der Waals surface area contributed by atoms with Crippen LogP contribution in [-0.2, 0) is 14.3 Å².